The van der Waals surface area contributed by atoms with Gasteiger partial charge in [0, 0.05) is 24.5 Å². The van der Waals surface area contributed by atoms with Crippen LogP contribution in [-0.2, 0) is 6.54 Å². The minimum absolute atomic E-state index is 0.721. The first-order valence-electron chi connectivity index (χ1n) is 4.04. The van der Waals surface area contributed by atoms with Crippen LogP contribution >= 0.6 is 0 Å². The Bertz CT molecular complexity index is 286. The molecule has 0 N–H and O–H groups in total. The predicted molar refractivity (Wildman–Crippen MR) is 49.3 cm³/mol. The molecule has 0 amide bonds. The fourth-order valence-corrected chi connectivity index (χ4v) is 0.997. The topological polar surface area (TPSA) is 22.0 Å². The van der Waals surface area contributed by atoms with Crippen molar-refractivity contribution in [1.82, 2.24) is 4.57 Å². The van der Waals surface area contributed by atoms with Crippen molar-refractivity contribution < 1.29 is 4.79 Å². The van der Waals surface area contributed by atoms with Crippen LogP contribution in [0.4, 0.5) is 0 Å². The molecule has 0 aliphatic heterocycles. The molecule has 1 aromatic rings. The molecule has 0 aliphatic rings. The van der Waals surface area contributed by atoms with Crippen LogP contribution < -0.4 is 0 Å². The monoisotopic (exact) mass is 163 g/mol. The summed E-state index contributed by atoms with van der Waals surface area (Å²) < 4.78 is 1.97. The number of rotatable bonds is 4. The summed E-state index contributed by atoms with van der Waals surface area (Å²) in [6.45, 7) is 6.78. The van der Waals surface area contributed by atoms with E-state index in [1.54, 1.807) is 6.07 Å². The van der Waals surface area contributed by atoms with E-state index < -0.39 is 0 Å². The van der Waals surface area contributed by atoms with Crippen LogP contribution in [0, 0.1) is 0 Å². The molecule has 2 heteroatoms. The molecule has 1 rings (SSSR count). The van der Waals surface area contributed by atoms with E-state index in [4.69, 9.17) is 0 Å². The van der Waals surface area contributed by atoms with Gasteiger partial charge in [-0.2, -0.15) is 0 Å². The van der Waals surface area contributed by atoms with Crippen molar-refractivity contribution in [2.24, 2.45) is 0 Å². The van der Waals surface area contributed by atoms with E-state index in [0.29, 0.717) is 0 Å². The molecular formula is C10H13NO. The van der Waals surface area contributed by atoms with Gasteiger partial charge in [0.15, 0.2) is 6.29 Å². The van der Waals surface area contributed by atoms with Crippen molar-refractivity contribution in [3.8, 4) is 0 Å². The lowest BCUT2D eigenvalue weighted by atomic mass is 10.2. The third kappa shape index (κ3) is 2.09. The van der Waals surface area contributed by atoms with Gasteiger partial charge >= 0.3 is 0 Å². The molecule has 0 saturated heterocycles. The van der Waals surface area contributed by atoms with Crippen LogP contribution in [0.3, 0.4) is 0 Å². The van der Waals surface area contributed by atoms with Crippen molar-refractivity contribution in [2.75, 3.05) is 0 Å². The van der Waals surface area contributed by atoms with E-state index in [2.05, 4.69) is 13.5 Å². The molecule has 0 fully saturated rings. The standard InChI is InChI=1S/C10H13NO/c1-3-9(2)6-11-5-4-10(7-11)8-12/h4-5,7-8H,2-3,6H2,1H3. The van der Waals surface area contributed by atoms with Gasteiger partial charge in [0.1, 0.15) is 0 Å². The minimum Gasteiger partial charge on any atom is -0.350 e. The van der Waals surface area contributed by atoms with Crippen LogP contribution in [0.2, 0.25) is 0 Å². The first-order valence-corrected chi connectivity index (χ1v) is 4.04. The third-order valence-corrected chi connectivity index (χ3v) is 1.82. The van der Waals surface area contributed by atoms with Gasteiger partial charge in [0.25, 0.3) is 0 Å². The molecule has 0 atom stereocenters. The normalized spacial score (nSPS) is 9.75. The lowest BCUT2D eigenvalue weighted by Gasteiger charge is -2.02. The first kappa shape index (κ1) is 8.78. The highest BCUT2D eigenvalue weighted by Gasteiger charge is 1.95. The average molecular weight is 163 g/mol. The number of carbonyl (C=O) groups excluding carboxylic acids is 1. The second-order valence-corrected chi connectivity index (χ2v) is 2.84. The van der Waals surface area contributed by atoms with Crippen LogP contribution in [0.5, 0.6) is 0 Å². The molecule has 12 heavy (non-hydrogen) atoms. The SMILES string of the molecule is C=C(CC)Cn1ccc(C=O)c1. The zero-order valence-electron chi connectivity index (χ0n) is 7.29. The molecule has 1 aromatic heterocycles. The largest absolute Gasteiger partial charge is 0.350 e. The number of allylic oxidation sites excluding steroid dienone is 1. The summed E-state index contributed by atoms with van der Waals surface area (Å²) in [5.41, 5.74) is 1.89. The number of aldehydes is 1. The minimum atomic E-state index is 0.721. The Morgan fingerprint density at radius 2 is 2.50 bits per heavy atom. The number of hydrogen-bond donors (Lipinski definition) is 0. The lowest BCUT2D eigenvalue weighted by molar-refractivity contribution is 0.112. The van der Waals surface area contributed by atoms with E-state index in [-0.39, 0.29) is 0 Å². The molecule has 0 bridgehead atoms. The fraction of sp³-hybridized carbons (Fsp3) is 0.300. The van der Waals surface area contributed by atoms with Gasteiger partial charge in [-0.1, -0.05) is 19.1 Å². The van der Waals surface area contributed by atoms with Crippen molar-refractivity contribution in [3.63, 3.8) is 0 Å². The summed E-state index contributed by atoms with van der Waals surface area (Å²) in [6.07, 6.45) is 5.55. The van der Waals surface area contributed by atoms with E-state index in [1.165, 1.54) is 5.57 Å². The summed E-state index contributed by atoms with van der Waals surface area (Å²) in [5, 5.41) is 0. The zero-order chi connectivity index (χ0) is 8.97. The molecule has 1 heterocycles. The van der Waals surface area contributed by atoms with E-state index in [9.17, 15) is 4.79 Å². The molecule has 0 spiro atoms. The maximum Gasteiger partial charge on any atom is 0.151 e. The summed E-state index contributed by atoms with van der Waals surface area (Å²) >= 11 is 0. The van der Waals surface area contributed by atoms with Crippen LogP contribution in [0.1, 0.15) is 23.7 Å². The highest BCUT2D eigenvalue weighted by atomic mass is 16.1. The van der Waals surface area contributed by atoms with Crippen molar-refractivity contribution in [2.45, 2.75) is 19.9 Å². The van der Waals surface area contributed by atoms with Gasteiger partial charge in [-0.25, -0.2) is 0 Å². The van der Waals surface area contributed by atoms with Gasteiger partial charge in [0.05, 0.1) is 0 Å². The summed E-state index contributed by atoms with van der Waals surface area (Å²) in [7, 11) is 0. The molecule has 0 aliphatic carbocycles. The maximum atomic E-state index is 10.3. The van der Waals surface area contributed by atoms with Crippen molar-refractivity contribution >= 4 is 6.29 Å². The molecule has 2 nitrogen and oxygen atoms in total. The number of carbonyl (C=O) groups is 1. The molecule has 64 valence electrons. The Balaban J connectivity index is 2.63. The Kier molecular flexibility index (Phi) is 2.86. The molecule has 0 unspecified atom stereocenters. The van der Waals surface area contributed by atoms with Crippen LogP contribution in [-0.4, -0.2) is 10.9 Å². The second-order valence-electron chi connectivity index (χ2n) is 2.84. The Morgan fingerprint density at radius 1 is 1.75 bits per heavy atom. The zero-order valence-corrected chi connectivity index (χ0v) is 7.29. The summed E-state index contributed by atoms with van der Waals surface area (Å²) in [6, 6.07) is 1.80. The van der Waals surface area contributed by atoms with Crippen LogP contribution in [0.25, 0.3) is 0 Å². The second kappa shape index (κ2) is 3.90. The molecule has 0 radical (unpaired) electrons. The lowest BCUT2D eigenvalue weighted by Crippen LogP contribution is -1.95. The average Bonchev–Trinajstić information content (AvgIpc) is 2.52. The molecule has 0 aromatic carbocycles. The van der Waals surface area contributed by atoms with Crippen molar-refractivity contribution in [1.29, 1.82) is 0 Å². The molecular weight excluding hydrogens is 150 g/mol. The highest BCUT2D eigenvalue weighted by molar-refractivity contribution is 5.74. The predicted octanol–water partition coefficient (Wildman–Crippen LogP) is 2.27. The van der Waals surface area contributed by atoms with Gasteiger partial charge in [-0.05, 0) is 12.5 Å². The summed E-state index contributed by atoms with van der Waals surface area (Å²) in [4.78, 5) is 10.3. The van der Waals surface area contributed by atoms with Gasteiger partial charge < -0.3 is 4.57 Å². The van der Waals surface area contributed by atoms with Crippen LogP contribution in [0.15, 0.2) is 30.6 Å². The smallest absolute Gasteiger partial charge is 0.151 e. The van der Waals surface area contributed by atoms with E-state index in [1.807, 2.05) is 17.0 Å². The number of nitrogens with zero attached hydrogens (tertiary/aromatic N) is 1. The highest BCUT2D eigenvalue weighted by Crippen LogP contribution is 2.04. The Morgan fingerprint density at radius 3 is 3.00 bits per heavy atom. The van der Waals surface area contributed by atoms with Gasteiger partial charge in [0.2, 0.25) is 0 Å². The maximum absolute atomic E-state index is 10.3. The van der Waals surface area contributed by atoms with E-state index >= 15 is 0 Å². The van der Waals surface area contributed by atoms with E-state index in [0.717, 1.165) is 24.8 Å². The Hall–Kier alpha value is -1.31. The third-order valence-electron chi connectivity index (χ3n) is 1.82. The van der Waals surface area contributed by atoms with Crippen molar-refractivity contribution in [3.05, 3.63) is 36.2 Å². The number of hydrogen-bond acceptors (Lipinski definition) is 1. The fourth-order valence-electron chi connectivity index (χ4n) is 0.997. The Labute approximate surface area is 72.5 Å². The quantitative estimate of drug-likeness (QED) is 0.493. The van der Waals surface area contributed by atoms with Gasteiger partial charge in [-0.15, -0.1) is 0 Å². The molecule has 0 saturated carbocycles. The van der Waals surface area contributed by atoms with Gasteiger partial charge in [-0.3, -0.25) is 4.79 Å². The number of aromatic nitrogens is 1. The summed E-state index contributed by atoms with van der Waals surface area (Å²) in [5.74, 6) is 0. The first-order chi connectivity index (χ1) is 5.76.